The average Bonchev–Trinajstić information content (AvgIpc) is 3.06. The van der Waals surface area contributed by atoms with Gasteiger partial charge in [0.05, 0.1) is 39.4 Å². The molecule has 0 atom stereocenters. The molecule has 2 heterocycles. The quantitative estimate of drug-likeness (QED) is 0.605. The van der Waals surface area contributed by atoms with Crippen LogP contribution in [0.25, 0.3) is 0 Å². The summed E-state index contributed by atoms with van der Waals surface area (Å²) in [5.74, 6) is -0.398. The first kappa shape index (κ1) is 21.1. The fourth-order valence-electron chi connectivity index (χ4n) is 2.95. The number of nitrogens with zero attached hydrogens (tertiary/aromatic N) is 4. The SMILES string of the molecule is Cc1nn(Cc2cccc(C(F)(F)F)c2)c(C)c1NC(=O)c1nn(C)c(C)c1Br. The number of benzene rings is 1. The van der Waals surface area contributed by atoms with Gasteiger partial charge in [0.1, 0.15) is 0 Å². The van der Waals surface area contributed by atoms with Crippen LogP contribution in [0.15, 0.2) is 28.7 Å². The van der Waals surface area contributed by atoms with Crippen molar-refractivity contribution in [1.29, 1.82) is 0 Å². The monoisotopic (exact) mass is 469 g/mol. The zero-order valence-corrected chi connectivity index (χ0v) is 17.8. The van der Waals surface area contributed by atoms with E-state index in [0.29, 0.717) is 27.1 Å². The molecular weight excluding hydrogens is 451 g/mol. The third kappa shape index (κ3) is 4.21. The minimum atomic E-state index is -4.40. The van der Waals surface area contributed by atoms with Crippen molar-refractivity contribution in [2.24, 2.45) is 7.05 Å². The van der Waals surface area contributed by atoms with E-state index in [-0.39, 0.29) is 12.2 Å². The minimum Gasteiger partial charge on any atom is -0.317 e. The molecule has 0 aliphatic rings. The third-order valence-corrected chi connectivity index (χ3v) is 5.63. The molecule has 1 aromatic carbocycles. The number of alkyl halides is 3. The van der Waals surface area contributed by atoms with Gasteiger partial charge >= 0.3 is 6.18 Å². The van der Waals surface area contributed by atoms with Gasteiger partial charge in [-0.1, -0.05) is 12.1 Å². The van der Waals surface area contributed by atoms with E-state index in [2.05, 4.69) is 31.4 Å². The Morgan fingerprint density at radius 2 is 1.86 bits per heavy atom. The van der Waals surface area contributed by atoms with Crippen molar-refractivity contribution < 1.29 is 18.0 Å². The number of nitrogens with one attached hydrogen (secondary N) is 1. The van der Waals surface area contributed by atoms with Crippen molar-refractivity contribution in [1.82, 2.24) is 19.6 Å². The molecule has 1 N–H and O–H groups in total. The number of carbonyl (C=O) groups excluding carboxylic acids is 1. The van der Waals surface area contributed by atoms with Gasteiger partial charge in [0.15, 0.2) is 5.69 Å². The number of hydrogen-bond donors (Lipinski definition) is 1. The summed E-state index contributed by atoms with van der Waals surface area (Å²) in [6.45, 7) is 5.46. The fourth-order valence-corrected chi connectivity index (χ4v) is 3.47. The van der Waals surface area contributed by atoms with E-state index >= 15 is 0 Å². The topological polar surface area (TPSA) is 64.7 Å². The molecule has 0 aliphatic carbocycles. The Bertz CT molecular complexity index is 1080. The van der Waals surface area contributed by atoms with Gasteiger partial charge in [-0.2, -0.15) is 23.4 Å². The molecule has 154 valence electrons. The number of aromatic nitrogens is 4. The van der Waals surface area contributed by atoms with Gasteiger partial charge in [-0.25, -0.2) is 0 Å². The summed E-state index contributed by atoms with van der Waals surface area (Å²) in [5.41, 5.74) is 2.52. The van der Waals surface area contributed by atoms with Crippen LogP contribution in [0, 0.1) is 20.8 Å². The first-order valence-corrected chi connectivity index (χ1v) is 9.49. The molecule has 2 aromatic heterocycles. The normalized spacial score (nSPS) is 11.7. The summed E-state index contributed by atoms with van der Waals surface area (Å²) in [6.07, 6.45) is -4.40. The van der Waals surface area contributed by atoms with Gasteiger partial charge in [0, 0.05) is 7.05 Å². The summed E-state index contributed by atoms with van der Waals surface area (Å²) < 4.78 is 42.6. The Balaban J connectivity index is 1.85. The van der Waals surface area contributed by atoms with Gasteiger partial charge in [0.2, 0.25) is 0 Å². The first-order valence-electron chi connectivity index (χ1n) is 8.69. The molecule has 0 saturated heterocycles. The standard InChI is InChI=1S/C19H19BrF3N5O/c1-10-16(24-18(29)17-15(20)11(2)27(4)26-17)12(3)28(25-10)9-13-6-5-7-14(8-13)19(21,22)23/h5-8H,9H2,1-4H3,(H,24,29). The van der Waals surface area contributed by atoms with E-state index in [9.17, 15) is 18.0 Å². The zero-order chi connectivity index (χ0) is 21.5. The lowest BCUT2D eigenvalue weighted by Crippen LogP contribution is -2.15. The van der Waals surface area contributed by atoms with Crippen LogP contribution in [0.4, 0.5) is 18.9 Å². The fraction of sp³-hybridized carbons (Fsp3) is 0.316. The second-order valence-electron chi connectivity index (χ2n) is 6.73. The minimum absolute atomic E-state index is 0.152. The largest absolute Gasteiger partial charge is 0.416 e. The van der Waals surface area contributed by atoms with E-state index in [0.717, 1.165) is 17.8 Å². The molecule has 0 radical (unpaired) electrons. The van der Waals surface area contributed by atoms with Crippen LogP contribution in [0.2, 0.25) is 0 Å². The van der Waals surface area contributed by atoms with Crippen LogP contribution in [-0.2, 0) is 19.8 Å². The highest BCUT2D eigenvalue weighted by atomic mass is 79.9. The molecule has 10 heteroatoms. The van der Waals surface area contributed by atoms with Crippen LogP contribution < -0.4 is 5.32 Å². The molecule has 3 aromatic rings. The van der Waals surface area contributed by atoms with Crippen molar-refractivity contribution >= 4 is 27.5 Å². The van der Waals surface area contributed by atoms with Crippen LogP contribution in [-0.4, -0.2) is 25.5 Å². The third-order valence-electron chi connectivity index (χ3n) is 4.68. The van der Waals surface area contributed by atoms with Gasteiger partial charge in [-0.05, 0) is 54.4 Å². The molecule has 0 unspecified atom stereocenters. The molecule has 1 amide bonds. The first-order chi connectivity index (χ1) is 13.5. The summed E-state index contributed by atoms with van der Waals surface area (Å²) in [7, 11) is 1.74. The summed E-state index contributed by atoms with van der Waals surface area (Å²) >= 11 is 3.37. The molecule has 0 saturated carbocycles. The predicted molar refractivity (Wildman–Crippen MR) is 106 cm³/mol. The number of anilines is 1. The Labute approximate surface area is 173 Å². The van der Waals surface area contributed by atoms with E-state index < -0.39 is 17.6 Å². The molecule has 0 bridgehead atoms. The molecule has 29 heavy (non-hydrogen) atoms. The van der Waals surface area contributed by atoms with Gasteiger partial charge in [-0.15, -0.1) is 0 Å². The smallest absolute Gasteiger partial charge is 0.317 e. The number of rotatable bonds is 4. The van der Waals surface area contributed by atoms with Crippen LogP contribution in [0.5, 0.6) is 0 Å². The maximum atomic E-state index is 12.9. The van der Waals surface area contributed by atoms with E-state index in [1.165, 1.54) is 6.07 Å². The lowest BCUT2D eigenvalue weighted by molar-refractivity contribution is -0.137. The molecular formula is C19H19BrF3N5O. The van der Waals surface area contributed by atoms with Crippen molar-refractivity contribution in [2.75, 3.05) is 5.32 Å². The van der Waals surface area contributed by atoms with E-state index in [4.69, 9.17) is 0 Å². The van der Waals surface area contributed by atoms with Crippen molar-refractivity contribution in [3.05, 3.63) is 62.6 Å². The van der Waals surface area contributed by atoms with Crippen LogP contribution >= 0.6 is 15.9 Å². The Morgan fingerprint density at radius 3 is 2.45 bits per heavy atom. The molecule has 3 rings (SSSR count). The molecule has 0 fully saturated rings. The highest BCUT2D eigenvalue weighted by Gasteiger charge is 2.30. The maximum Gasteiger partial charge on any atom is 0.416 e. The highest BCUT2D eigenvalue weighted by Crippen LogP contribution is 2.30. The van der Waals surface area contributed by atoms with Crippen molar-refractivity contribution in [2.45, 2.75) is 33.5 Å². The van der Waals surface area contributed by atoms with E-state index in [1.807, 2.05) is 6.92 Å². The lowest BCUT2D eigenvalue weighted by atomic mass is 10.1. The van der Waals surface area contributed by atoms with Gasteiger partial charge in [0.25, 0.3) is 5.91 Å². The number of halogens is 4. The van der Waals surface area contributed by atoms with Crippen LogP contribution in [0.3, 0.4) is 0 Å². The molecule has 0 aliphatic heterocycles. The Kier molecular flexibility index (Phi) is 5.57. The second kappa shape index (κ2) is 7.66. The van der Waals surface area contributed by atoms with E-state index in [1.54, 1.807) is 36.3 Å². The van der Waals surface area contributed by atoms with Gasteiger partial charge in [-0.3, -0.25) is 14.2 Å². The average molecular weight is 470 g/mol. The number of amides is 1. The van der Waals surface area contributed by atoms with Crippen molar-refractivity contribution in [3.63, 3.8) is 0 Å². The summed E-state index contributed by atoms with van der Waals surface area (Å²) in [4.78, 5) is 12.6. The zero-order valence-electron chi connectivity index (χ0n) is 16.2. The summed E-state index contributed by atoms with van der Waals surface area (Å²) in [6, 6.07) is 5.11. The second-order valence-corrected chi connectivity index (χ2v) is 7.52. The Hall–Kier alpha value is -2.62. The maximum absolute atomic E-state index is 12.9. The molecule has 0 spiro atoms. The number of hydrogen-bond acceptors (Lipinski definition) is 3. The predicted octanol–water partition coefficient (Wildman–Crippen LogP) is 4.62. The number of carbonyl (C=O) groups is 1. The Morgan fingerprint density at radius 1 is 1.17 bits per heavy atom. The lowest BCUT2D eigenvalue weighted by Gasteiger charge is -2.10. The van der Waals surface area contributed by atoms with Crippen molar-refractivity contribution in [3.8, 4) is 0 Å². The summed E-state index contributed by atoms with van der Waals surface area (Å²) in [5, 5.41) is 11.4. The van der Waals surface area contributed by atoms with Gasteiger partial charge < -0.3 is 5.32 Å². The molecule has 6 nitrogen and oxygen atoms in total. The van der Waals surface area contributed by atoms with Crippen LogP contribution in [0.1, 0.15) is 38.7 Å². The number of aryl methyl sites for hydroxylation is 2. The highest BCUT2D eigenvalue weighted by molar-refractivity contribution is 9.10.